The molecule has 1 aliphatic rings. The van der Waals surface area contributed by atoms with Gasteiger partial charge in [0.25, 0.3) is 5.91 Å². The minimum Gasteiger partial charge on any atom is -0.459 e. The number of hydrogen-bond donors (Lipinski definition) is 1. The molecule has 7 nitrogen and oxygen atoms in total. The van der Waals surface area contributed by atoms with Crippen LogP contribution in [0.1, 0.15) is 10.6 Å². The van der Waals surface area contributed by atoms with Crippen molar-refractivity contribution < 1.29 is 9.21 Å². The van der Waals surface area contributed by atoms with Gasteiger partial charge in [-0.15, -0.1) is 0 Å². The molecular weight excluding hydrogens is 282 g/mol. The fourth-order valence-electron chi connectivity index (χ4n) is 2.45. The molecule has 7 heteroatoms. The zero-order valence-electron chi connectivity index (χ0n) is 12.3. The highest BCUT2D eigenvalue weighted by atomic mass is 16.3. The number of hydrogen-bond acceptors (Lipinski definition) is 6. The molecular formula is C15H19N5O2. The predicted octanol–water partition coefficient (Wildman–Crippen LogP) is 0.622. The van der Waals surface area contributed by atoms with Gasteiger partial charge >= 0.3 is 0 Å². The normalized spacial score (nSPS) is 15.7. The standard InChI is InChI=1S/C15H19N5O2/c21-14(13-3-1-12-22-13)16-6-7-19-8-10-20(11-9-19)15-17-4-2-5-18-15/h1-5,12H,6-11H2,(H,16,21). The van der Waals surface area contributed by atoms with E-state index in [0.29, 0.717) is 12.3 Å². The van der Waals surface area contributed by atoms with E-state index in [1.165, 1.54) is 6.26 Å². The number of furan rings is 1. The van der Waals surface area contributed by atoms with Gasteiger partial charge in [-0.1, -0.05) is 0 Å². The molecule has 1 N–H and O–H groups in total. The average Bonchev–Trinajstić information content (AvgIpc) is 3.11. The lowest BCUT2D eigenvalue weighted by Gasteiger charge is -2.34. The minimum atomic E-state index is -0.165. The van der Waals surface area contributed by atoms with Gasteiger partial charge in [-0.25, -0.2) is 9.97 Å². The van der Waals surface area contributed by atoms with Crippen molar-refractivity contribution in [3.63, 3.8) is 0 Å². The van der Waals surface area contributed by atoms with Crippen molar-refractivity contribution in [2.24, 2.45) is 0 Å². The molecule has 1 saturated heterocycles. The summed E-state index contributed by atoms with van der Waals surface area (Å²) < 4.78 is 5.05. The Balaban J connectivity index is 1.38. The molecule has 2 aromatic heterocycles. The zero-order valence-corrected chi connectivity index (χ0v) is 12.3. The van der Waals surface area contributed by atoms with Crippen LogP contribution in [0, 0.1) is 0 Å². The fourth-order valence-corrected chi connectivity index (χ4v) is 2.45. The van der Waals surface area contributed by atoms with Crippen LogP contribution < -0.4 is 10.2 Å². The third-order valence-electron chi connectivity index (χ3n) is 3.67. The van der Waals surface area contributed by atoms with E-state index in [9.17, 15) is 4.79 Å². The van der Waals surface area contributed by atoms with Gasteiger partial charge < -0.3 is 14.6 Å². The number of nitrogens with zero attached hydrogens (tertiary/aromatic N) is 4. The molecule has 3 heterocycles. The molecule has 0 aliphatic carbocycles. The third-order valence-corrected chi connectivity index (χ3v) is 3.67. The van der Waals surface area contributed by atoms with Crippen LogP contribution in [0.3, 0.4) is 0 Å². The molecule has 1 fully saturated rings. The van der Waals surface area contributed by atoms with Gasteiger partial charge in [0.15, 0.2) is 5.76 Å². The second kappa shape index (κ2) is 7.04. The number of carbonyl (C=O) groups is 1. The number of nitrogens with one attached hydrogen (secondary N) is 1. The number of carbonyl (C=O) groups excluding carboxylic acids is 1. The van der Waals surface area contributed by atoms with Gasteiger partial charge in [0.2, 0.25) is 5.95 Å². The Labute approximate surface area is 129 Å². The number of amides is 1. The van der Waals surface area contributed by atoms with Crippen LogP contribution >= 0.6 is 0 Å². The molecule has 0 unspecified atom stereocenters. The molecule has 2 aromatic rings. The highest BCUT2D eigenvalue weighted by molar-refractivity contribution is 5.91. The molecule has 22 heavy (non-hydrogen) atoms. The number of aromatic nitrogens is 2. The second-order valence-corrected chi connectivity index (χ2v) is 5.11. The van der Waals surface area contributed by atoms with Crippen molar-refractivity contribution in [1.29, 1.82) is 0 Å². The first kappa shape index (κ1) is 14.5. The fraction of sp³-hybridized carbons (Fsp3) is 0.400. The Morgan fingerprint density at radius 3 is 2.64 bits per heavy atom. The van der Waals surface area contributed by atoms with Crippen LogP contribution in [0.4, 0.5) is 5.95 Å². The van der Waals surface area contributed by atoms with Gasteiger partial charge in [-0.2, -0.15) is 0 Å². The number of piperazine rings is 1. The Kier molecular flexibility index (Phi) is 4.65. The molecule has 1 amide bonds. The van der Waals surface area contributed by atoms with E-state index in [1.807, 2.05) is 6.07 Å². The van der Waals surface area contributed by atoms with Gasteiger partial charge in [0.1, 0.15) is 0 Å². The first-order valence-corrected chi connectivity index (χ1v) is 7.39. The highest BCUT2D eigenvalue weighted by Gasteiger charge is 2.18. The van der Waals surface area contributed by atoms with Gasteiger partial charge in [-0.3, -0.25) is 9.69 Å². The minimum absolute atomic E-state index is 0.165. The molecule has 0 bridgehead atoms. The summed E-state index contributed by atoms with van der Waals surface area (Å²) in [5.74, 6) is 0.973. The molecule has 1 aliphatic heterocycles. The first-order chi connectivity index (χ1) is 10.8. The topological polar surface area (TPSA) is 74.5 Å². The lowest BCUT2D eigenvalue weighted by molar-refractivity contribution is 0.0920. The molecule has 0 radical (unpaired) electrons. The summed E-state index contributed by atoms with van der Waals surface area (Å²) in [6.07, 6.45) is 5.03. The maximum atomic E-state index is 11.7. The van der Waals surface area contributed by atoms with Crippen molar-refractivity contribution >= 4 is 11.9 Å². The van der Waals surface area contributed by atoms with E-state index in [2.05, 4.69) is 25.1 Å². The lowest BCUT2D eigenvalue weighted by atomic mass is 10.3. The van der Waals surface area contributed by atoms with Crippen molar-refractivity contribution in [3.05, 3.63) is 42.6 Å². The Morgan fingerprint density at radius 2 is 1.95 bits per heavy atom. The largest absolute Gasteiger partial charge is 0.459 e. The van der Waals surface area contributed by atoms with Crippen molar-refractivity contribution in [1.82, 2.24) is 20.2 Å². The maximum Gasteiger partial charge on any atom is 0.287 e. The Hall–Kier alpha value is -2.41. The SMILES string of the molecule is O=C(NCCN1CCN(c2ncccn2)CC1)c1ccco1. The van der Waals surface area contributed by atoms with E-state index in [-0.39, 0.29) is 5.91 Å². The van der Waals surface area contributed by atoms with Gasteiger partial charge in [0, 0.05) is 51.7 Å². The van der Waals surface area contributed by atoms with E-state index >= 15 is 0 Å². The summed E-state index contributed by atoms with van der Waals surface area (Å²) in [5, 5.41) is 2.86. The molecule has 3 rings (SSSR count). The van der Waals surface area contributed by atoms with Crippen LogP contribution in [0.2, 0.25) is 0 Å². The van der Waals surface area contributed by atoms with E-state index in [4.69, 9.17) is 4.42 Å². The average molecular weight is 301 g/mol. The van der Waals surface area contributed by atoms with Crippen LogP contribution in [0.15, 0.2) is 41.3 Å². The summed E-state index contributed by atoms with van der Waals surface area (Å²) in [7, 11) is 0. The third kappa shape index (κ3) is 3.62. The number of anilines is 1. The molecule has 0 spiro atoms. The Morgan fingerprint density at radius 1 is 1.18 bits per heavy atom. The smallest absolute Gasteiger partial charge is 0.287 e. The van der Waals surface area contributed by atoms with E-state index in [1.54, 1.807) is 24.5 Å². The molecule has 0 saturated carbocycles. The monoisotopic (exact) mass is 301 g/mol. The summed E-state index contributed by atoms with van der Waals surface area (Å²) in [5.41, 5.74) is 0. The highest BCUT2D eigenvalue weighted by Crippen LogP contribution is 2.09. The van der Waals surface area contributed by atoms with Crippen molar-refractivity contribution in [3.8, 4) is 0 Å². The van der Waals surface area contributed by atoms with Crippen molar-refractivity contribution in [2.75, 3.05) is 44.2 Å². The quantitative estimate of drug-likeness (QED) is 0.873. The maximum absolute atomic E-state index is 11.7. The van der Waals surface area contributed by atoms with Crippen molar-refractivity contribution in [2.45, 2.75) is 0 Å². The first-order valence-electron chi connectivity index (χ1n) is 7.39. The van der Waals surface area contributed by atoms with E-state index < -0.39 is 0 Å². The summed E-state index contributed by atoms with van der Waals surface area (Å²) >= 11 is 0. The van der Waals surface area contributed by atoms with Gasteiger partial charge in [-0.05, 0) is 18.2 Å². The lowest BCUT2D eigenvalue weighted by Crippen LogP contribution is -2.49. The second-order valence-electron chi connectivity index (χ2n) is 5.11. The molecule has 0 aromatic carbocycles. The Bertz CT molecular complexity index is 579. The van der Waals surface area contributed by atoms with E-state index in [0.717, 1.165) is 38.7 Å². The summed E-state index contributed by atoms with van der Waals surface area (Å²) in [6, 6.07) is 5.19. The molecule has 116 valence electrons. The van der Waals surface area contributed by atoms with Crippen LogP contribution in [-0.4, -0.2) is 60.0 Å². The van der Waals surface area contributed by atoms with Crippen LogP contribution in [-0.2, 0) is 0 Å². The van der Waals surface area contributed by atoms with Crippen LogP contribution in [0.25, 0.3) is 0 Å². The number of rotatable bonds is 5. The zero-order chi connectivity index (χ0) is 15.2. The van der Waals surface area contributed by atoms with Crippen LogP contribution in [0.5, 0.6) is 0 Å². The molecule has 0 atom stereocenters. The van der Waals surface area contributed by atoms with Gasteiger partial charge in [0.05, 0.1) is 6.26 Å². The summed E-state index contributed by atoms with van der Waals surface area (Å²) in [4.78, 5) is 24.8. The summed E-state index contributed by atoms with van der Waals surface area (Å²) in [6.45, 7) is 5.12. The predicted molar refractivity (Wildman–Crippen MR) is 81.7 cm³/mol.